The fourth-order valence-corrected chi connectivity index (χ4v) is 2.70. The van der Waals surface area contributed by atoms with Crippen LogP contribution in [-0.2, 0) is 6.54 Å². The summed E-state index contributed by atoms with van der Waals surface area (Å²) >= 11 is 7.32. The lowest BCUT2D eigenvalue weighted by molar-refractivity contribution is -0.384. The van der Waals surface area contributed by atoms with E-state index in [1.165, 1.54) is 12.1 Å². The highest BCUT2D eigenvalue weighted by Crippen LogP contribution is 2.28. The fraction of sp³-hybridized carbons (Fsp3) is 0.0714. The molecule has 112 valence electrons. The maximum absolute atomic E-state index is 10.9. The van der Waals surface area contributed by atoms with Gasteiger partial charge >= 0.3 is 0 Å². The van der Waals surface area contributed by atoms with E-state index in [4.69, 9.17) is 16.0 Å². The van der Waals surface area contributed by atoms with Gasteiger partial charge < -0.3 is 9.73 Å². The molecule has 0 aliphatic rings. The van der Waals surface area contributed by atoms with Gasteiger partial charge in [0.15, 0.2) is 0 Å². The summed E-state index contributed by atoms with van der Waals surface area (Å²) in [5, 5.41) is 16.0. The molecule has 0 saturated heterocycles. The monoisotopic (exact) mass is 335 g/mol. The Bertz CT molecular complexity index is 802. The van der Waals surface area contributed by atoms with Crippen molar-refractivity contribution in [3.63, 3.8) is 0 Å². The molecule has 3 rings (SSSR count). The van der Waals surface area contributed by atoms with Crippen molar-refractivity contribution in [2.75, 3.05) is 5.32 Å². The van der Waals surface area contributed by atoms with Gasteiger partial charge in [0.1, 0.15) is 11.3 Å². The molecular formula is C14H10ClN3O3S. The highest BCUT2D eigenvalue weighted by Gasteiger charge is 2.13. The minimum atomic E-state index is -0.515. The van der Waals surface area contributed by atoms with E-state index in [2.05, 4.69) is 10.3 Å². The smallest absolute Gasteiger partial charge is 0.289 e. The molecule has 0 amide bonds. The Hall–Kier alpha value is -2.38. The van der Waals surface area contributed by atoms with Gasteiger partial charge in [0.25, 0.3) is 5.69 Å². The highest BCUT2D eigenvalue weighted by molar-refractivity contribution is 7.13. The van der Waals surface area contributed by atoms with E-state index in [0.29, 0.717) is 23.8 Å². The first-order chi connectivity index (χ1) is 10.6. The zero-order valence-electron chi connectivity index (χ0n) is 11.2. The molecule has 2 heterocycles. The molecule has 2 aromatic heterocycles. The van der Waals surface area contributed by atoms with Crippen molar-refractivity contribution in [2.24, 2.45) is 0 Å². The Balaban J connectivity index is 1.70. The number of nitrogens with zero attached hydrogens (tertiary/aromatic N) is 2. The van der Waals surface area contributed by atoms with E-state index in [-0.39, 0.29) is 10.7 Å². The van der Waals surface area contributed by atoms with E-state index < -0.39 is 4.92 Å². The molecule has 0 aliphatic carbocycles. The second-order valence-corrected chi connectivity index (χ2v) is 5.75. The topological polar surface area (TPSA) is 81.2 Å². The molecule has 0 bridgehead atoms. The van der Waals surface area contributed by atoms with Crippen molar-refractivity contribution < 1.29 is 9.34 Å². The third-order valence-corrected chi connectivity index (χ3v) is 4.08. The normalized spacial score (nSPS) is 10.6. The molecule has 0 spiro atoms. The Morgan fingerprint density at radius 2 is 2.27 bits per heavy atom. The number of rotatable bonds is 5. The van der Waals surface area contributed by atoms with Gasteiger partial charge in [-0.3, -0.25) is 10.1 Å². The first-order valence-electron chi connectivity index (χ1n) is 6.29. The van der Waals surface area contributed by atoms with E-state index in [1.54, 1.807) is 23.7 Å². The lowest BCUT2D eigenvalue weighted by atomic mass is 10.2. The van der Waals surface area contributed by atoms with Crippen LogP contribution in [0.2, 0.25) is 5.02 Å². The number of oxazole rings is 1. The molecular weight excluding hydrogens is 326 g/mol. The molecule has 0 fully saturated rings. The summed E-state index contributed by atoms with van der Waals surface area (Å²) < 4.78 is 5.41. The number of nitro benzene ring substituents is 1. The third kappa shape index (κ3) is 3.10. The minimum absolute atomic E-state index is 0.108. The fourth-order valence-electron chi connectivity index (χ4n) is 1.86. The molecule has 0 radical (unpaired) electrons. The summed E-state index contributed by atoms with van der Waals surface area (Å²) in [6.07, 6.45) is 1.56. The zero-order chi connectivity index (χ0) is 15.5. The van der Waals surface area contributed by atoms with Crippen LogP contribution in [0.25, 0.3) is 10.8 Å². The highest BCUT2D eigenvalue weighted by atomic mass is 35.5. The summed E-state index contributed by atoms with van der Waals surface area (Å²) in [6.45, 7) is 0.396. The minimum Gasteiger partial charge on any atom is -0.443 e. The van der Waals surface area contributed by atoms with Gasteiger partial charge in [-0.05, 0) is 23.6 Å². The van der Waals surface area contributed by atoms with Crippen molar-refractivity contribution in [1.29, 1.82) is 0 Å². The second kappa shape index (κ2) is 6.17. The van der Waals surface area contributed by atoms with Crippen LogP contribution < -0.4 is 5.32 Å². The molecule has 3 aromatic rings. The lowest BCUT2D eigenvalue weighted by Gasteiger charge is -2.04. The van der Waals surface area contributed by atoms with Crippen molar-refractivity contribution in [3.05, 3.63) is 62.8 Å². The first kappa shape index (κ1) is 14.6. The van der Waals surface area contributed by atoms with Crippen molar-refractivity contribution in [2.45, 2.75) is 6.54 Å². The van der Waals surface area contributed by atoms with Crippen LogP contribution in [0.4, 0.5) is 11.4 Å². The maximum Gasteiger partial charge on any atom is 0.289 e. The Morgan fingerprint density at radius 1 is 1.41 bits per heavy atom. The van der Waals surface area contributed by atoms with E-state index in [0.717, 1.165) is 4.88 Å². The Labute approximate surface area is 134 Å². The van der Waals surface area contributed by atoms with Crippen LogP contribution >= 0.6 is 22.9 Å². The summed E-state index contributed by atoms with van der Waals surface area (Å²) in [5.74, 6) is 0.564. The number of hydrogen-bond acceptors (Lipinski definition) is 6. The van der Waals surface area contributed by atoms with Gasteiger partial charge in [-0.25, -0.2) is 4.98 Å². The number of halogens is 1. The summed E-state index contributed by atoms with van der Waals surface area (Å²) in [6, 6.07) is 8.41. The molecule has 1 N–H and O–H groups in total. The first-order valence-corrected chi connectivity index (χ1v) is 7.55. The van der Waals surface area contributed by atoms with Gasteiger partial charge in [-0.2, -0.15) is 0 Å². The van der Waals surface area contributed by atoms with Crippen LogP contribution in [0.1, 0.15) is 5.69 Å². The Morgan fingerprint density at radius 3 is 3.00 bits per heavy atom. The Kier molecular flexibility index (Phi) is 4.08. The largest absolute Gasteiger partial charge is 0.443 e. The predicted molar refractivity (Wildman–Crippen MR) is 85.2 cm³/mol. The number of hydrogen-bond donors (Lipinski definition) is 1. The van der Waals surface area contributed by atoms with Crippen LogP contribution in [0.3, 0.4) is 0 Å². The maximum atomic E-state index is 10.9. The molecule has 6 nitrogen and oxygen atoms in total. The van der Waals surface area contributed by atoms with Crippen molar-refractivity contribution in [3.8, 4) is 10.8 Å². The zero-order valence-corrected chi connectivity index (χ0v) is 12.7. The van der Waals surface area contributed by atoms with Crippen LogP contribution in [0.15, 0.2) is 46.4 Å². The van der Waals surface area contributed by atoms with Crippen LogP contribution in [0, 0.1) is 10.1 Å². The van der Waals surface area contributed by atoms with Crippen LogP contribution in [0.5, 0.6) is 0 Å². The molecule has 1 aromatic carbocycles. The number of anilines is 1. The van der Waals surface area contributed by atoms with E-state index in [9.17, 15) is 10.1 Å². The summed E-state index contributed by atoms with van der Waals surface area (Å²) in [4.78, 5) is 15.7. The molecule has 0 aliphatic heterocycles. The van der Waals surface area contributed by atoms with Gasteiger partial charge in [0, 0.05) is 11.8 Å². The van der Waals surface area contributed by atoms with Crippen molar-refractivity contribution in [1.82, 2.24) is 4.98 Å². The average Bonchev–Trinajstić information content (AvgIpc) is 3.17. The number of thiophene rings is 1. The molecule has 8 heteroatoms. The summed E-state index contributed by atoms with van der Waals surface area (Å²) in [7, 11) is 0. The number of aromatic nitrogens is 1. The third-order valence-electron chi connectivity index (χ3n) is 2.90. The van der Waals surface area contributed by atoms with Crippen LogP contribution in [-0.4, -0.2) is 9.91 Å². The molecule has 0 saturated carbocycles. The van der Waals surface area contributed by atoms with Gasteiger partial charge in [0.2, 0.25) is 5.89 Å². The predicted octanol–water partition coefficient (Wildman–Crippen LogP) is 4.58. The second-order valence-electron chi connectivity index (χ2n) is 4.40. The molecule has 0 atom stereocenters. The number of benzene rings is 1. The molecule has 22 heavy (non-hydrogen) atoms. The lowest BCUT2D eigenvalue weighted by Crippen LogP contribution is -2.00. The SMILES string of the molecule is O=[N+]([O-])c1cc(NCc2coc(-c3cccs3)n2)ccc1Cl. The number of nitro groups is 1. The van der Waals surface area contributed by atoms with E-state index in [1.807, 2.05) is 17.5 Å². The number of nitrogens with one attached hydrogen (secondary N) is 1. The summed E-state index contributed by atoms with van der Waals surface area (Å²) in [5.41, 5.74) is 1.17. The quantitative estimate of drug-likeness (QED) is 0.545. The van der Waals surface area contributed by atoms with Gasteiger partial charge in [-0.1, -0.05) is 17.7 Å². The van der Waals surface area contributed by atoms with Gasteiger partial charge in [-0.15, -0.1) is 11.3 Å². The van der Waals surface area contributed by atoms with Gasteiger partial charge in [0.05, 0.1) is 22.0 Å². The van der Waals surface area contributed by atoms with E-state index >= 15 is 0 Å². The standard InChI is InChI=1S/C14H10ClN3O3S/c15-11-4-3-9(6-12(11)18(19)20)16-7-10-8-21-14(17-10)13-2-1-5-22-13/h1-6,8,16H,7H2. The molecule has 0 unspecified atom stereocenters. The van der Waals surface area contributed by atoms with Crippen molar-refractivity contribution >= 4 is 34.3 Å². The average molecular weight is 336 g/mol.